The molecule has 9 nitrogen and oxygen atoms in total. The Morgan fingerprint density at radius 3 is 3.00 bits per heavy atom. The molecular formula is C16H17ClFN2O7P. The van der Waals surface area contributed by atoms with Crippen molar-refractivity contribution in [2.45, 2.75) is 31.5 Å². The van der Waals surface area contributed by atoms with Crippen LogP contribution in [0.3, 0.4) is 0 Å². The molecule has 0 spiro atoms. The number of hydrogen-bond acceptors (Lipinski definition) is 7. The van der Waals surface area contributed by atoms with Crippen LogP contribution in [0.2, 0.25) is 5.02 Å². The normalized spacial score (nSPS) is 27.3. The molecule has 4 rings (SSSR count). The number of benzene rings is 1. The number of halogens is 2. The first-order valence-corrected chi connectivity index (χ1v) is 10.5. The van der Waals surface area contributed by atoms with Gasteiger partial charge in [0.15, 0.2) is 0 Å². The summed E-state index contributed by atoms with van der Waals surface area (Å²) in [5.74, 6) is -1.11. The van der Waals surface area contributed by atoms with E-state index >= 15 is 0 Å². The molecule has 3 heterocycles. The van der Waals surface area contributed by atoms with Crippen LogP contribution < -0.4 is 11.2 Å². The number of aromatic nitrogens is 2. The molecule has 0 unspecified atom stereocenters. The van der Waals surface area contributed by atoms with Crippen molar-refractivity contribution in [1.29, 1.82) is 0 Å². The summed E-state index contributed by atoms with van der Waals surface area (Å²) in [6.07, 6.45) is -1.13. The van der Waals surface area contributed by atoms with E-state index in [4.69, 9.17) is 29.9 Å². The molecule has 2 aliphatic heterocycles. The van der Waals surface area contributed by atoms with E-state index in [0.29, 0.717) is 5.02 Å². The molecule has 12 heteroatoms. The summed E-state index contributed by atoms with van der Waals surface area (Å²) in [5, 5.41) is 0.533. The van der Waals surface area contributed by atoms with Crippen molar-refractivity contribution in [3.63, 3.8) is 0 Å². The Morgan fingerprint density at radius 2 is 2.21 bits per heavy atom. The van der Waals surface area contributed by atoms with Gasteiger partial charge in [0, 0.05) is 0 Å². The number of aromatic amines is 1. The van der Waals surface area contributed by atoms with Crippen molar-refractivity contribution in [3.8, 4) is 0 Å². The molecule has 152 valence electrons. The van der Waals surface area contributed by atoms with E-state index in [9.17, 15) is 18.9 Å². The van der Waals surface area contributed by atoms with Crippen LogP contribution in [0.25, 0.3) is 0 Å². The molecule has 0 bridgehead atoms. The number of H-pyrrole nitrogens is 1. The third-order valence-corrected chi connectivity index (χ3v) is 6.33. The minimum atomic E-state index is -3.93. The first-order chi connectivity index (χ1) is 13.3. The molecule has 0 amide bonds. The van der Waals surface area contributed by atoms with Gasteiger partial charge in [-0.05, 0) is 0 Å². The van der Waals surface area contributed by atoms with E-state index in [1.807, 2.05) is 4.98 Å². The Balaban J connectivity index is 1.44. The maximum atomic E-state index is 13.5. The predicted octanol–water partition coefficient (Wildman–Crippen LogP) is 1.65. The van der Waals surface area contributed by atoms with Gasteiger partial charge < -0.3 is 0 Å². The van der Waals surface area contributed by atoms with Gasteiger partial charge in [-0.15, -0.1) is 0 Å². The average Bonchev–Trinajstić information content (AvgIpc) is 3.06. The van der Waals surface area contributed by atoms with Crippen molar-refractivity contribution < 1.29 is 27.6 Å². The van der Waals surface area contributed by atoms with Gasteiger partial charge >= 0.3 is 163 Å². The maximum absolute atomic E-state index is 13.5. The fourth-order valence-electron chi connectivity index (χ4n) is 3.11. The third kappa shape index (κ3) is 4.04. The Hall–Kier alpha value is -1.65. The Morgan fingerprint density at radius 1 is 1.39 bits per heavy atom. The van der Waals surface area contributed by atoms with Crippen LogP contribution in [0.1, 0.15) is 18.2 Å². The second-order valence-corrected chi connectivity index (χ2v) is 8.72. The molecule has 2 aliphatic rings. The third-order valence-electron chi connectivity index (χ3n) is 4.46. The fraction of sp³-hybridized carbons (Fsp3) is 0.375. The van der Waals surface area contributed by atoms with Crippen LogP contribution in [0, 0.1) is 5.82 Å². The Labute approximate surface area is 163 Å². The van der Waals surface area contributed by atoms with Gasteiger partial charge in [0.25, 0.3) is 0 Å². The number of rotatable bonds is 4. The zero-order chi connectivity index (χ0) is 19.9. The number of ether oxygens (including phenoxy) is 1. The van der Waals surface area contributed by atoms with Gasteiger partial charge in [0.1, 0.15) is 0 Å². The number of nitrogens with zero attached hydrogens (tertiary/aromatic N) is 1. The fourth-order valence-corrected chi connectivity index (χ4v) is 4.90. The van der Waals surface area contributed by atoms with Gasteiger partial charge in [-0.25, -0.2) is 0 Å². The summed E-state index contributed by atoms with van der Waals surface area (Å²) in [6, 6.07) is 6.94. The molecule has 0 aliphatic carbocycles. The topological polar surface area (TPSA) is 112 Å². The second-order valence-electron chi connectivity index (χ2n) is 6.42. The summed E-state index contributed by atoms with van der Waals surface area (Å²) >= 11 is 5.92. The number of fused-ring (bicyclic) bond motifs is 1. The Kier molecular flexibility index (Phi) is 5.36. The summed E-state index contributed by atoms with van der Waals surface area (Å²) < 4.78 is 36.6. The molecule has 1 aromatic heterocycles. The molecule has 3 atom stereocenters. The zero-order valence-corrected chi connectivity index (χ0v) is 16.1. The van der Waals surface area contributed by atoms with Crippen LogP contribution in [0.5, 0.6) is 0 Å². The zero-order valence-electron chi connectivity index (χ0n) is 14.3. The molecule has 28 heavy (non-hydrogen) atoms. The molecule has 1 aromatic carbocycles. The van der Waals surface area contributed by atoms with E-state index in [1.54, 1.807) is 24.3 Å². The van der Waals surface area contributed by atoms with Crippen molar-refractivity contribution in [2.75, 3.05) is 6.61 Å². The predicted molar refractivity (Wildman–Crippen MR) is 97.4 cm³/mol. The van der Waals surface area contributed by atoms with Gasteiger partial charge in [0.05, 0.1) is 0 Å². The van der Waals surface area contributed by atoms with E-state index in [1.165, 1.54) is 0 Å². The summed E-state index contributed by atoms with van der Waals surface area (Å²) in [5.41, 5.74) is -1.17. The second kappa shape index (κ2) is 7.64. The SMILES string of the molecule is O=c1[nH]c(=O)n([C@H]2C[C@@H]3O[PH](O)(OCc4cccc(Cl)c4)OC[C@H]3O2)cc1F. The van der Waals surface area contributed by atoms with Crippen LogP contribution in [-0.4, -0.2) is 33.3 Å². The standard InChI is InChI=1S/C16H17ClFN2O7P/c17-10-3-1-2-9(4-10)7-24-28(23)25-8-13-12(27-28)5-14(26-13)20-6-11(18)15(21)19-16(20)22/h1-4,6,12-14,23,28H,5,7-8H2,(H,19,21,22)/t12-,13+,14+/m0/s1. The van der Waals surface area contributed by atoms with Crippen LogP contribution >= 0.6 is 19.8 Å². The van der Waals surface area contributed by atoms with Gasteiger partial charge in [-0.3, -0.25) is 0 Å². The van der Waals surface area contributed by atoms with Gasteiger partial charge in [-0.2, -0.15) is 0 Å². The molecule has 2 aromatic rings. The molecular weight excluding hydrogens is 418 g/mol. The molecule has 2 fully saturated rings. The van der Waals surface area contributed by atoms with E-state index in [-0.39, 0.29) is 19.6 Å². The van der Waals surface area contributed by atoms with Gasteiger partial charge in [0.2, 0.25) is 0 Å². The summed E-state index contributed by atoms with van der Waals surface area (Å²) in [6.45, 7) is 0.0234. The van der Waals surface area contributed by atoms with Crippen molar-refractivity contribution in [2.24, 2.45) is 0 Å². The molecule has 2 saturated heterocycles. The number of hydrogen-bond donors (Lipinski definition) is 2. The minimum absolute atomic E-state index is 0.0139. The summed E-state index contributed by atoms with van der Waals surface area (Å²) in [4.78, 5) is 35.5. The molecule has 0 radical (unpaired) electrons. The Bertz CT molecular complexity index is 1000. The van der Waals surface area contributed by atoms with Crippen LogP contribution in [-0.2, 0) is 24.9 Å². The number of nitrogens with one attached hydrogen (secondary N) is 1. The van der Waals surface area contributed by atoms with E-state index in [2.05, 4.69) is 0 Å². The van der Waals surface area contributed by atoms with Crippen LogP contribution in [0.4, 0.5) is 4.39 Å². The van der Waals surface area contributed by atoms with E-state index in [0.717, 1.165) is 16.3 Å². The summed E-state index contributed by atoms with van der Waals surface area (Å²) in [7, 11) is -3.93. The first kappa shape index (κ1) is 19.7. The quantitative estimate of drug-likeness (QED) is 0.704. The monoisotopic (exact) mass is 434 g/mol. The van der Waals surface area contributed by atoms with Crippen molar-refractivity contribution in [3.05, 3.63) is 67.7 Å². The molecule has 2 N–H and O–H groups in total. The molecule has 0 saturated carbocycles. The van der Waals surface area contributed by atoms with E-state index < -0.39 is 43.7 Å². The van der Waals surface area contributed by atoms with Crippen molar-refractivity contribution >= 4 is 19.8 Å². The van der Waals surface area contributed by atoms with Crippen LogP contribution in [0.15, 0.2) is 40.1 Å². The first-order valence-electron chi connectivity index (χ1n) is 8.42. The van der Waals surface area contributed by atoms with Gasteiger partial charge in [-0.1, -0.05) is 0 Å². The van der Waals surface area contributed by atoms with Crippen molar-refractivity contribution in [1.82, 2.24) is 9.55 Å². The average molecular weight is 435 g/mol.